The molecule has 0 bridgehead atoms. The molecule has 0 aliphatic heterocycles. The van der Waals surface area contributed by atoms with Gasteiger partial charge in [0.15, 0.2) is 0 Å². The van der Waals surface area contributed by atoms with Crippen molar-refractivity contribution < 1.29 is 22.7 Å². The van der Waals surface area contributed by atoms with Crippen molar-refractivity contribution in [2.75, 3.05) is 0 Å². The third-order valence-electron chi connectivity index (χ3n) is 3.47. The summed E-state index contributed by atoms with van der Waals surface area (Å²) in [6.07, 6.45) is 0. The number of benzene rings is 2. The highest BCUT2D eigenvalue weighted by molar-refractivity contribution is 7.89. The zero-order valence-corrected chi connectivity index (χ0v) is 13.4. The molecule has 2 aromatic carbocycles. The van der Waals surface area contributed by atoms with E-state index in [0.29, 0.717) is 16.9 Å². The van der Waals surface area contributed by atoms with Gasteiger partial charge in [0.1, 0.15) is 11.5 Å². The van der Waals surface area contributed by atoms with E-state index in [4.69, 9.17) is 5.14 Å². The van der Waals surface area contributed by atoms with E-state index in [0.717, 1.165) is 0 Å². The molecule has 0 spiro atoms. The van der Waals surface area contributed by atoms with E-state index in [1.807, 2.05) is 0 Å². The van der Waals surface area contributed by atoms with Crippen molar-refractivity contribution in [2.24, 2.45) is 5.14 Å². The zero-order chi connectivity index (χ0) is 18.2. The molecule has 128 valence electrons. The molecule has 3 aromatic rings. The Morgan fingerprint density at radius 3 is 2.20 bits per heavy atom. The number of halogens is 1. The summed E-state index contributed by atoms with van der Waals surface area (Å²) in [6.45, 7) is 0. The van der Waals surface area contributed by atoms with E-state index in [1.165, 1.54) is 59.3 Å². The molecule has 25 heavy (non-hydrogen) atoms. The molecule has 7 nitrogen and oxygen atoms in total. The van der Waals surface area contributed by atoms with Gasteiger partial charge in [-0.1, -0.05) is 0 Å². The summed E-state index contributed by atoms with van der Waals surface area (Å²) >= 11 is 0. The maximum atomic E-state index is 13.1. The van der Waals surface area contributed by atoms with Crippen LogP contribution in [0.25, 0.3) is 16.9 Å². The van der Waals surface area contributed by atoms with Crippen LogP contribution in [-0.2, 0) is 10.0 Å². The van der Waals surface area contributed by atoms with Crippen LogP contribution in [0, 0.1) is 5.82 Å². The predicted octanol–water partition coefficient (Wildman–Crippen LogP) is 0.689. The minimum absolute atomic E-state index is 0.0909. The average molecular weight is 360 g/mol. The van der Waals surface area contributed by atoms with Crippen molar-refractivity contribution >= 4 is 16.0 Å². The lowest BCUT2D eigenvalue weighted by atomic mass is 10.1. The van der Waals surface area contributed by atoms with E-state index in [2.05, 4.69) is 5.10 Å². The molecule has 0 amide bonds. The zero-order valence-electron chi connectivity index (χ0n) is 12.6. The monoisotopic (exact) mass is 360 g/mol. The number of carbonyl (C=O) groups excluding carboxylic acids is 1. The van der Waals surface area contributed by atoms with E-state index >= 15 is 0 Å². The molecular weight excluding hydrogens is 349 g/mol. The van der Waals surface area contributed by atoms with Gasteiger partial charge in [-0.25, -0.2) is 22.6 Å². The number of nitrogens with two attached hydrogens (primary N) is 1. The van der Waals surface area contributed by atoms with E-state index in [9.17, 15) is 22.7 Å². The number of hydrogen-bond acceptors (Lipinski definition) is 5. The Hall–Kier alpha value is -3.04. The number of sulfonamides is 1. The van der Waals surface area contributed by atoms with Crippen LogP contribution in [0.15, 0.2) is 59.5 Å². The molecule has 0 fully saturated rings. The highest BCUT2D eigenvalue weighted by atomic mass is 32.2. The van der Waals surface area contributed by atoms with Gasteiger partial charge < -0.3 is 9.90 Å². The van der Waals surface area contributed by atoms with Crippen LogP contribution in [0.5, 0.6) is 0 Å². The first kappa shape index (κ1) is 16.8. The summed E-state index contributed by atoms with van der Waals surface area (Å²) in [5.74, 6) is -1.91. The van der Waals surface area contributed by atoms with Gasteiger partial charge in [0, 0.05) is 5.56 Å². The van der Waals surface area contributed by atoms with Crippen LogP contribution in [0.1, 0.15) is 10.5 Å². The van der Waals surface area contributed by atoms with Crippen molar-refractivity contribution in [3.05, 3.63) is 66.1 Å². The van der Waals surface area contributed by atoms with Gasteiger partial charge in [-0.3, -0.25) is 0 Å². The van der Waals surface area contributed by atoms with Gasteiger partial charge in [0.05, 0.1) is 22.2 Å². The Morgan fingerprint density at radius 1 is 1.08 bits per heavy atom. The topological polar surface area (TPSA) is 118 Å². The molecule has 9 heteroatoms. The van der Waals surface area contributed by atoms with Crippen molar-refractivity contribution in [3.8, 4) is 16.9 Å². The average Bonchev–Trinajstić information content (AvgIpc) is 3.00. The normalized spacial score (nSPS) is 11.4. The molecule has 0 unspecified atom stereocenters. The number of aromatic carboxylic acids is 1. The Bertz CT molecular complexity index is 1040. The summed E-state index contributed by atoms with van der Waals surface area (Å²) in [5.41, 5.74) is 0.994. The molecule has 0 aliphatic carbocycles. The van der Waals surface area contributed by atoms with Gasteiger partial charge >= 0.3 is 0 Å². The standard InChI is InChI=1S/C16H12FN3O4S/c17-11-3-1-10(2-4-11)15-9-14(16(21)22)19-20(15)12-5-7-13(8-6-12)25(18,23)24/h1-9H,(H,21,22)(H2,18,23,24)/p-1. The third kappa shape index (κ3) is 3.42. The van der Waals surface area contributed by atoms with Gasteiger partial charge in [0.25, 0.3) is 0 Å². The molecule has 1 aromatic heterocycles. The maximum Gasteiger partial charge on any atom is 0.238 e. The molecule has 0 saturated carbocycles. The lowest BCUT2D eigenvalue weighted by Gasteiger charge is -2.08. The van der Waals surface area contributed by atoms with E-state index in [-0.39, 0.29) is 10.6 Å². The fourth-order valence-electron chi connectivity index (χ4n) is 2.28. The fraction of sp³-hybridized carbons (Fsp3) is 0. The van der Waals surface area contributed by atoms with Crippen molar-refractivity contribution in [1.29, 1.82) is 0 Å². The Labute approximate surface area is 142 Å². The largest absolute Gasteiger partial charge is 0.543 e. The van der Waals surface area contributed by atoms with Crippen molar-refractivity contribution in [2.45, 2.75) is 4.90 Å². The Morgan fingerprint density at radius 2 is 1.68 bits per heavy atom. The molecule has 0 radical (unpaired) electrons. The summed E-state index contributed by atoms with van der Waals surface area (Å²) in [7, 11) is -3.85. The minimum atomic E-state index is -3.85. The first-order valence-electron chi connectivity index (χ1n) is 6.96. The van der Waals surface area contributed by atoms with Gasteiger partial charge in [0.2, 0.25) is 10.0 Å². The van der Waals surface area contributed by atoms with Crippen molar-refractivity contribution in [1.82, 2.24) is 9.78 Å². The number of hydrogen-bond donors (Lipinski definition) is 1. The molecule has 3 rings (SSSR count). The smallest absolute Gasteiger partial charge is 0.238 e. The van der Waals surface area contributed by atoms with E-state index < -0.39 is 21.8 Å². The number of nitrogens with zero attached hydrogens (tertiary/aromatic N) is 2. The number of rotatable bonds is 4. The predicted molar refractivity (Wildman–Crippen MR) is 84.7 cm³/mol. The Kier molecular flexibility index (Phi) is 4.11. The maximum absolute atomic E-state index is 13.1. The molecule has 1 heterocycles. The number of carboxylic acids is 1. The quantitative estimate of drug-likeness (QED) is 0.734. The van der Waals surface area contributed by atoms with Crippen LogP contribution >= 0.6 is 0 Å². The van der Waals surface area contributed by atoms with Crippen LogP contribution in [0.2, 0.25) is 0 Å². The molecule has 0 atom stereocenters. The number of primary sulfonamides is 1. The highest BCUT2D eigenvalue weighted by Gasteiger charge is 2.14. The minimum Gasteiger partial charge on any atom is -0.543 e. The summed E-state index contributed by atoms with van der Waals surface area (Å²) in [4.78, 5) is 11.0. The third-order valence-corrected chi connectivity index (χ3v) is 4.40. The van der Waals surface area contributed by atoms with Crippen LogP contribution < -0.4 is 10.2 Å². The second-order valence-corrected chi connectivity index (χ2v) is 6.72. The fourth-order valence-corrected chi connectivity index (χ4v) is 2.80. The van der Waals surface area contributed by atoms with Crippen LogP contribution in [0.3, 0.4) is 0 Å². The Balaban J connectivity index is 2.14. The summed E-state index contributed by atoms with van der Waals surface area (Å²) < 4.78 is 37.1. The van der Waals surface area contributed by atoms with Crippen LogP contribution in [0.4, 0.5) is 4.39 Å². The second-order valence-electron chi connectivity index (χ2n) is 5.16. The number of aromatic nitrogens is 2. The lowest BCUT2D eigenvalue weighted by Crippen LogP contribution is -2.22. The first-order valence-corrected chi connectivity index (χ1v) is 8.51. The lowest BCUT2D eigenvalue weighted by molar-refractivity contribution is -0.255. The molecular formula is C16H11FN3O4S-. The van der Waals surface area contributed by atoms with Gasteiger partial charge in [-0.2, -0.15) is 5.10 Å². The van der Waals surface area contributed by atoms with Crippen LogP contribution in [-0.4, -0.2) is 24.2 Å². The van der Waals surface area contributed by atoms with Gasteiger partial charge in [-0.05, 0) is 54.6 Å². The van der Waals surface area contributed by atoms with E-state index in [1.54, 1.807) is 0 Å². The number of carboxylic acid groups (broad SMARTS) is 1. The SMILES string of the molecule is NS(=O)(=O)c1ccc(-n2nc(C(=O)[O-])cc2-c2ccc(F)cc2)cc1. The first-order chi connectivity index (χ1) is 11.8. The highest BCUT2D eigenvalue weighted by Crippen LogP contribution is 2.25. The molecule has 0 saturated heterocycles. The molecule has 2 N–H and O–H groups in total. The van der Waals surface area contributed by atoms with Gasteiger partial charge in [-0.15, -0.1) is 0 Å². The second kappa shape index (κ2) is 6.11. The number of carbonyl (C=O) groups is 1. The summed E-state index contributed by atoms with van der Waals surface area (Å²) in [6, 6.07) is 12.1. The molecule has 0 aliphatic rings. The van der Waals surface area contributed by atoms with Crippen molar-refractivity contribution in [3.63, 3.8) is 0 Å². The summed E-state index contributed by atoms with van der Waals surface area (Å²) in [5, 5.41) is 20.1.